The Balaban J connectivity index is 1.80. The third-order valence-corrected chi connectivity index (χ3v) is 5.21. The minimum absolute atomic E-state index is 0.0489. The lowest BCUT2D eigenvalue weighted by Gasteiger charge is -2.43. The van der Waals surface area contributed by atoms with Crippen molar-refractivity contribution in [3.63, 3.8) is 0 Å². The SMILES string of the molecule is CC(C)(CO)[C@@H](c1ccc(OCc2ccccc2)cc1O)N1CCNCC1. The monoisotopic (exact) mass is 370 g/mol. The van der Waals surface area contributed by atoms with E-state index in [2.05, 4.69) is 10.2 Å². The number of phenolic OH excluding ortho intramolecular Hbond substituents is 1. The average molecular weight is 370 g/mol. The first-order valence-corrected chi connectivity index (χ1v) is 9.56. The van der Waals surface area contributed by atoms with E-state index in [4.69, 9.17) is 4.74 Å². The van der Waals surface area contributed by atoms with Crippen LogP contribution in [0.4, 0.5) is 0 Å². The molecule has 5 nitrogen and oxygen atoms in total. The van der Waals surface area contributed by atoms with Gasteiger partial charge >= 0.3 is 0 Å². The molecule has 0 amide bonds. The zero-order valence-electron chi connectivity index (χ0n) is 16.2. The second kappa shape index (κ2) is 8.74. The molecule has 0 saturated carbocycles. The Morgan fingerprint density at radius 2 is 1.81 bits per heavy atom. The van der Waals surface area contributed by atoms with E-state index < -0.39 is 0 Å². The Kier molecular flexibility index (Phi) is 6.37. The van der Waals surface area contributed by atoms with Gasteiger partial charge in [0.15, 0.2) is 0 Å². The number of aliphatic hydroxyl groups is 1. The van der Waals surface area contributed by atoms with Gasteiger partial charge in [-0.2, -0.15) is 0 Å². The Morgan fingerprint density at radius 1 is 1.11 bits per heavy atom. The van der Waals surface area contributed by atoms with Gasteiger partial charge in [-0.3, -0.25) is 4.90 Å². The molecule has 0 unspecified atom stereocenters. The van der Waals surface area contributed by atoms with Crippen LogP contribution in [0, 0.1) is 5.41 Å². The summed E-state index contributed by atoms with van der Waals surface area (Å²) in [7, 11) is 0. The number of hydrogen-bond donors (Lipinski definition) is 3. The van der Waals surface area contributed by atoms with Crippen LogP contribution >= 0.6 is 0 Å². The van der Waals surface area contributed by atoms with Crippen molar-refractivity contribution < 1.29 is 14.9 Å². The lowest BCUT2D eigenvalue weighted by Crippen LogP contribution is -2.49. The van der Waals surface area contributed by atoms with E-state index in [0.717, 1.165) is 37.3 Å². The van der Waals surface area contributed by atoms with Crippen molar-refractivity contribution in [3.05, 3.63) is 59.7 Å². The molecule has 3 rings (SSSR count). The van der Waals surface area contributed by atoms with E-state index in [1.54, 1.807) is 6.07 Å². The lowest BCUT2D eigenvalue weighted by molar-refractivity contribution is 0.0292. The van der Waals surface area contributed by atoms with Crippen molar-refractivity contribution in [1.29, 1.82) is 0 Å². The number of ether oxygens (including phenoxy) is 1. The largest absolute Gasteiger partial charge is 0.507 e. The molecule has 1 aliphatic rings. The number of aliphatic hydroxyl groups excluding tert-OH is 1. The fraction of sp³-hybridized carbons (Fsp3) is 0.455. The van der Waals surface area contributed by atoms with Gasteiger partial charge in [-0.1, -0.05) is 50.2 Å². The van der Waals surface area contributed by atoms with Gasteiger partial charge in [-0.15, -0.1) is 0 Å². The molecule has 146 valence electrons. The van der Waals surface area contributed by atoms with Gasteiger partial charge in [0.2, 0.25) is 0 Å². The number of piperazine rings is 1. The van der Waals surface area contributed by atoms with Gasteiger partial charge in [0.05, 0.1) is 0 Å². The van der Waals surface area contributed by atoms with Crippen molar-refractivity contribution in [2.45, 2.75) is 26.5 Å². The summed E-state index contributed by atoms with van der Waals surface area (Å²) in [5.74, 6) is 0.853. The number of rotatable bonds is 7. The summed E-state index contributed by atoms with van der Waals surface area (Å²) in [6.45, 7) is 8.20. The Bertz CT molecular complexity index is 728. The first kappa shape index (κ1) is 19.7. The molecule has 27 heavy (non-hydrogen) atoms. The van der Waals surface area contributed by atoms with Crippen molar-refractivity contribution in [2.24, 2.45) is 5.41 Å². The summed E-state index contributed by atoms with van der Waals surface area (Å²) in [5.41, 5.74) is 1.55. The Morgan fingerprint density at radius 3 is 2.44 bits per heavy atom. The van der Waals surface area contributed by atoms with E-state index in [1.165, 1.54) is 0 Å². The molecular formula is C22H30N2O3. The molecule has 2 aromatic rings. The van der Waals surface area contributed by atoms with E-state index in [-0.39, 0.29) is 23.8 Å². The average Bonchev–Trinajstić information content (AvgIpc) is 2.69. The highest BCUT2D eigenvalue weighted by molar-refractivity contribution is 5.42. The van der Waals surface area contributed by atoms with Gasteiger partial charge < -0.3 is 20.3 Å². The van der Waals surface area contributed by atoms with Crippen LogP contribution in [0.2, 0.25) is 0 Å². The predicted octanol–water partition coefficient (Wildman–Crippen LogP) is 2.94. The van der Waals surface area contributed by atoms with Crippen LogP contribution in [0.1, 0.15) is 31.0 Å². The first-order chi connectivity index (χ1) is 13.0. The fourth-order valence-corrected chi connectivity index (χ4v) is 3.72. The Hall–Kier alpha value is -2.08. The zero-order valence-corrected chi connectivity index (χ0v) is 16.2. The van der Waals surface area contributed by atoms with Crippen molar-refractivity contribution in [1.82, 2.24) is 10.2 Å². The van der Waals surface area contributed by atoms with Crippen LogP contribution in [0.5, 0.6) is 11.5 Å². The molecule has 2 aromatic carbocycles. The molecule has 5 heteroatoms. The molecule has 1 aliphatic heterocycles. The normalized spacial score (nSPS) is 16.9. The molecule has 0 radical (unpaired) electrons. The number of hydrogen-bond acceptors (Lipinski definition) is 5. The Labute approximate surface area is 161 Å². The lowest BCUT2D eigenvalue weighted by atomic mass is 9.79. The van der Waals surface area contributed by atoms with E-state index in [9.17, 15) is 10.2 Å². The summed E-state index contributed by atoms with van der Waals surface area (Å²) in [4.78, 5) is 2.34. The van der Waals surface area contributed by atoms with Gasteiger partial charge in [-0.25, -0.2) is 0 Å². The third-order valence-electron chi connectivity index (χ3n) is 5.21. The number of phenols is 1. The van der Waals surface area contributed by atoms with E-state index >= 15 is 0 Å². The second-order valence-corrected chi connectivity index (χ2v) is 7.83. The molecular weight excluding hydrogens is 340 g/mol. The van der Waals surface area contributed by atoms with Crippen molar-refractivity contribution in [3.8, 4) is 11.5 Å². The number of benzene rings is 2. The maximum Gasteiger partial charge on any atom is 0.124 e. The molecule has 0 bridgehead atoms. The summed E-state index contributed by atoms with van der Waals surface area (Å²) in [6, 6.07) is 15.4. The van der Waals surface area contributed by atoms with Gasteiger partial charge in [0.1, 0.15) is 18.1 Å². The van der Waals surface area contributed by atoms with Crippen LogP contribution in [-0.4, -0.2) is 47.9 Å². The zero-order chi connectivity index (χ0) is 19.3. The smallest absolute Gasteiger partial charge is 0.124 e. The number of nitrogens with one attached hydrogen (secondary N) is 1. The van der Waals surface area contributed by atoms with E-state index in [0.29, 0.717) is 12.4 Å². The predicted molar refractivity (Wildman–Crippen MR) is 107 cm³/mol. The minimum atomic E-state index is -0.374. The molecule has 3 N–H and O–H groups in total. The maximum atomic E-state index is 10.7. The fourth-order valence-electron chi connectivity index (χ4n) is 3.72. The number of aromatic hydroxyl groups is 1. The molecule has 1 heterocycles. The molecule has 0 aliphatic carbocycles. The van der Waals surface area contributed by atoms with E-state index in [1.807, 2.05) is 56.3 Å². The molecule has 0 spiro atoms. The highest BCUT2D eigenvalue weighted by Crippen LogP contribution is 2.42. The van der Waals surface area contributed by atoms with Gasteiger partial charge in [0.25, 0.3) is 0 Å². The summed E-state index contributed by atoms with van der Waals surface area (Å²) < 4.78 is 5.83. The van der Waals surface area contributed by atoms with Gasteiger partial charge in [0, 0.05) is 55.9 Å². The van der Waals surface area contributed by atoms with Crippen LogP contribution in [0.15, 0.2) is 48.5 Å². The van der Waals surface area contributed by atoms with Crippen molar-refractivity contribution >= 4 is 0 Å². The molecule has 1 fully saturated rings. The third kappa shape index (κ3) is 4.80. The molecule has 1 saturated heterocycles. The maximum absolute atomic E-state index is 10.7. The van der Waals surface area contributed by atoms with Crippen LogP contribution in [-0.2, 0) is 6.61 Å². The van der Waals surface area contributed by atoms with Gasteiger partial charge in [-0.05, 0) is 11.6 Å². The standard InChI is InChI=1S/C22H30N2O3/c1-22(2,16-25)21(24-12-10-23-11-13-24)19-9-8-18(14-20(19)26)27-15-17-6-4-3-5-7-17/h3-9,14,21,23,25-26H,10-13,15-16H2,1-2H3/t21-/m1/s1. The summed E-state index contributed by atoms with van der Waals surface area (Å²) in [6.07, 6.45) is 0. The minimum Gasteiger partial charge on any atom is -0.507 e. The topological polar surface area (TPSA) is 65.0 Å². The van der Waals surface area contributed by atoms with Crippen LogP contribution in [0.3, 0.4) is 0 Å². The van der Waals surface area contributed by atoms with Crippen molar-refractivity contribution in [2.75, 3.05) is 32.8 Å². The van der Waals surface area contributed by atoms with Crippen LogP contribution in [0.25, 0.3) is 0 Å². The quantitative estimate of drug-likeness (QED) is 0.699. The summed E-state index contributed by atoms with van der Waals surface area (Å²) >= 11 is 0. The van der Waals surface area contributed by atoms with Crippen LogP contribution < -0.4 is 10.1 Å². The first-order valence-electron chi connectivity index (χ1n) is 9.56. The highest BCUT2D eigenvalue weighted by Gasteiger charge is 2.37. The number of nitrogens with zero attached hydrogens (tertiary/aromatic N) is 1. The molecule has 0 aromatic heterocycles. The highest BCUT2D eigenvalue weighted by atomic mass is 16.5. The molecule has 1 atom stereocenters. The summed E-state index contributed by atoms with van der Waals surface area (Å²) in [5, 5.41) is 24.1. The second-order valence-electron chi connectivity index (χ2n) is 7.83.